The molecule has 1 aromatic heterocycles. The number of piperidine rings is 1. The van der Waals surface area contributed by atoms with Gasteiger partial charge in [-0.25, -0.2) is 4.79 Å². The summed E-state index contributed by atoms with van der Waals surface area (Å²) in [6, 6.07) is 3.41. The zero-order valence-electron chi connectivity index (χ0n) is 16.5. The van der Waals surface area contributed by atoms with E-state index >= 15 is 0 Å². The molecule has 0 saturated carbocycles. The SMILES string of the molecule is CN(C)C(=O)N1CC2(CCN(C(=O)c3ccncc3)CC2)C2(CCNC2=O)C1. The van der Waals surface area contributed by atoms with Crippen molar-refractivity contribution in [2.24, 2.45) is 10.8 Å². The Bertz CT molecular complexity index is 788. The van der Waals surface area contributed by atoms with E-state index in [4.69, 9.17) is 0 Å². The molecule has 3 aliphatic heterocycles. The van der Waals surface area contributed by atoms with Crippen LogP contribution in [0.5, 0.6) is 0 Å². The van der Waals surface area contributed by atoms with Gasteiger partial charge >= 0.3 is 6.03 Å². The van der Waals surface area contributed by atoms with E-state index in [9.17, 15) is 14.4 Å². The van der Waals surface area contributed by atoms with E-state index in [0.29, 0.717) is 38.3 Å². The highest BCUT2D eigenvalue weighted by Gasteiger charge is 2.64. The minimum absolute atomic E-state index is 0.00129. The number of amides is 4. The first-order valence-electron chi connectivity index (χ1n) is 9.82. The van der Waals surface area contributed by atoms with Crippen LogP contribution in [0.25, 0.3) is 0 Å². The third-order valence-electron chi connectivity index (χ3n) is 6.83. The van der Waals surface area contributed by atoms with Gasteiger partial charge in [-0.05, 0) is 31.4 Å². The van der Waals surface area contributed by atoms with Crippen LogP contribution in [0, 0.1) is 10.8 Å². The van der Waals surface area contributed by atoms with E-state index in [2.05, 4.69) is 10.3 Å². The Morgan fingerprint density at radius 3 is 2.32 bits per heavy atom. The number of rotatable bonds is 1. The van der Waals surface area contributed by atoms with Gasteiger partial charge in [-0.1, -0.05) is 0 Å². The Morgan fingerprint density at radius 2 is 1.75 bits per heavy atom. The molecule has 3 saturated heterocycles. The van der Waals surface area contributed by atoms with Gasteiger partial charge in [0, 0.05) is 70.2 Å². The molecule has 0 bridgehead atoms. The third kappa shape index (κ3) is 2.73. The average Bonchev–Trinajstić information content (AvgIpc) is 3.23. The van der Waals surface area contributed by atoms with E-state index in [1.165, 1.54) is 0 Å². The van der Waals surface area contributed by atoms with Crippen molar-refractivity contribution in [1.29, 1.82) is 0 Å². The predicted octanol–water partition coefficient (Wildman–Crippen LogP) is 0.807. The monoisotopic (exact) mass is 385 g/mol. The minimum Gasteiger partial charge on any atom is -0.356 e. The summed E-state index contributed by atoms with van der Waals surface area (Å²) in [7, 11) is 3.48. The van der Waals surface area contributed by atoms with Crippen molar-refractivity contribution >= 4 is 17.8 Å². The second-order valence-corrected chi connectivity index (χ2v) is 8.43. The Balaban J connectivity index is 1.56. The quantitative estimate of drug-likeness (QED) is 0.775. The second kappa shape index (κ2) is 6.76. The number of hydrogen-bond acceptors (Lipinski definition) is 4. The van der Waals surface area contributed by atoms with Crippen LogP contribution < -0.4 is 5.32 Å². The summed E-state index contributed by atoms with van der Waals surface area (Å²) >= 11 is 0. The summed E-state index contributed by atoms with van der Waals surface area (Å²) in [5.74, 6) is 0.0665. The first kappa shape index (κ1) is 18.7. The van der Waals surface area contributed by atoms with E-state index < -0.39 is 5.41 Å². The van der Waals surface area contributed by atoms with Crippen LogP contribution in [0.1, 0.15) is 29.6 Å². The van der Waals surface area contributed by atoms with Crippen LogP contribution >= 0.6 is 0 Å². The summed E-state index contributed by atoms with van der Waals surface area (Å²) < 4.78 is 0. The maximum absolute atomic E-state index is 12.9. The molecule has 4 amide bonds. The molecule has 4 heterocycles. The van der Waals surface area contributed by atoms with Crippen LogP contribution in [0.3, 0.4) is 0 Å². The lowest BCUT2D eigenvalue weighted by Gasteiger charge is -2.46. The van der Waals surface area contributed by atoms with Gasteiger partial charge in [-0.3, -0.25) is 14.6 Å². The minimum atomic E-state index is -0.537. The van der Waals surface area contributed by atoms with Crippen molar-refractivity contribution in [3.05, 3.63) is 30.1 Å². The molecule has 28 heavy (non-hydrogen) atoms. The summed E-state index contributed by atoms with van der Waals surface area (Å²) in [5.41, 5.74) is -0.172. The van der Waals surface area contributed by atoms with Gasteiger partial charge in [0.1, 0.15) is 0 Å². The molecular formula is C20H27N5O3. The van der Waals surface area contributed by atoms with Gasteiger partial charge in [-0.2, -0.15) is 0 Å². The molecule has 1 atom stereocenters. The van der Waals surface area contributed by atoms with Crippen LogP contribution in [-0.2, 0) is 4.79 Å². The van der Waals surface area contributed by atoms with Crippen LogP contribution in [0.4, 0.5) is 4.79 Å². The Morgan fingerprint density at radius 1 is 1.07 bits per heavy atom. The lowest BCUT2D eigenvalue weighted by molar-refractivity contribution is -0.133. The summed E-state index contributed by atoms with van der Waals surface area (Å²) in [6.45, 7) is 2.90. The third-order valence-corrected chi connectivity index (χ3v) is 6.83. The molecule has 2 spiro atoms. The normalized spacial score (nSPS) is 26.0. The first-order valence-corrected chi connectivity index (χ1v) is 9.82. The van der Waals surface area contributed by atoms with Gasteiger partial charge in [0.05, 0.1) is 5.41 Å². The number of nitrogens with zero attached hydrogens (tertiary/aromatic N) is 4. The van der Waals surface area contributed by atoms with Crippen LogP contribution in [0.2, 0.25) is 0 Å². The highest BCUT2D eigenvalue weighted by Crippen LogP contribution is 2.56. The Kier molecular flexibility index (Phi) is 4.51. The van der Waals surface area contributed by atoms with Gasteiger partial charge in [-0.15, -0.1) is 0 Å². The van der Waals surface area contributed by atoms with Gasteiger partial charge < -0.3 is 20.0 Å². The van der Waals surface area contributed by atoms with Crippen molar-refractivity contribution in [3.63, 3.8) is 0 Å². The molecule has 3 fully saturated rings. The number of fused-ring (bicyclic) bond motifs is 1. The molecule has 0 aliphatic carbocycles. The number of urea groups is 1. The van der Waals surface area contributed by atoms with E-state index in [1.807, 2.05) is 9.80 Å². The number of aromatic nitrogens is 1. The smallest absolute Gasteiger partial charge is 0.319 e. The fourth-order valence-electron chi connectivity index (χ4n) is 5.26. The van der Waals surface area contributed by atoms with E-state index in [0.717, 1.165) is 19.3 Å². The second-order valence-electron chi connectivity index (χ2n) is 8.43. The topological polar surface area (TPSA) is 85.8 Å². The Hall–Kier alpha value is -2.64. The highest BCUT2D eigenvalue weighted by molar-refractivity contribution is 5.94. The molecule has 1 aromatic rings. The molecule has 8 nitrogen and oxygen atoms in total. The lowest BCUT2D eigenvalue weighted by atomic mass is 9.60. The predicted molar refractivity (Wildman–Crippen MR) is 103 cm³/mol. The number of carbonyl (C=O) groups is 3. The van der Waals surface area contributed by atoms with E-state index in [1.54, 1.807) is 43.5 Å². The number of carbonyl (C=O) groups excluding carboxylic acids is 3. The number of hydrogen-bond donors (Lipinski definition) is 1. The van der Waals surface area contributed by atoms with Crippen molar-refractivity contribution in [2.75, 3.05) is 46.8 Å². The number of likely N-dealkylation sites (tertiary alicyclic amines) is 2. The van der Waals surface area contributed by atoms with Gasteiger partial charge in [0.15, 0.2) is 0 Å². The molecule has 3 aliphatic rings. The molecule has 1 N–H and O–H groups in total. The van der Waals surface area contributed by atoms with Crippen molar-refractivity contribution in [3.8, 4) is 0 Å². The van der Waals surface area contributed by atoms with Gasteiger partial charge in [0.25, 0.3) is 5.91 Å². The fraction of sp³-hybridized carbons (Fsp3) is 0.600. The van der Waals surface area contributed by atoms with Crippen LogP contribution in [-0.4, -0.2) is 84.3 Å². The first-order chi connectivity index (χ1) is 13.4. The standard InChI is InChI=1S/C20H27N5O3/c1-23(2)18(28)25-13-19(20(14-25)5-10-22-17(20)27)6-11-24(12-7-19)16(26)15-3-8-21-9-4-15/h3-4,8-9H,5-7,10-14H2,1-2H3,(H,22,27). The molecule has 0 radical (unpaired) electrons. The maximum atomic E-state index is 12.9. The van der Waals surface area contributed by atoms with Crippen LogP contribution in [0.15, 0.2) is 24.5 Å². The molecule has 150 valence electrons. The zero-order valence-corrected chi connectivity index (χ0v) is 16.5. The zero-order chi connectivity index (χ0) is 19.9. The van der Waals surface area contributed by atoms with Gasteiger partial charge in [0.2, 0.25) is 5.91 Å². The van der Waals surface area contributed by atoms with E-state index in [-0.39, 0.29) is 23.3 Å². The summed E-state index contributed by atoms with van der Waals surface area (Å²) in [6.07, 6.45) is 5.46. The molecule has 8 heteroatoms. The number of pyridine rings is 1. The molecule has 1 unspecified atom stereocenters. The molecule has 4 rings (SSSR count). The highest BCUT2D eigenvalue weighted by atomic mass is 16.2. The maximum Gasteiger partial charge on any atom is 0.319 e. The van der Waals surface area contributed by atoms with Crippen molar-refractivity contribution in [2.45, 2.75) is 19.3 Å². The van der Waals surface area contributed by atoms with Crippen molar-refractivity contribution < 1.29 is 14.4 Å². The summed E-state index contributed by atoms with van der Waals surface area (Å²) in [5, 5.41) is 2.99. The van der Waals surface area contributed by atoms with Crippen molar-refractivity contribution in [1.82, 2.24) is 25.0 Å². The lowest BCUT2D eigenvalue weighted by Crippen LogP contribution is -2.53. The molecule has 0 aromatic carbocycles. The fourth-order valence-corrected chi connectivity index (χ4v) is 5.26. The summed E-state index contributed by atoms with van der Waals surface area (Å²) in [4.78, 5) is 47.5. The molecular weight excluding hydrogens is 358 g/mol. The largest absolute Gasteiger partial charge is 0.356 e. The number of nitrogens with one attached hydrogen (secondary N) is 1. The Labute approximate surface area is 164 Å². The average molecular weight is 385 g/mol.